The number of pyridine rings is 1. The zero-order valence-corrected chi connectivity index (χ0v) is 18.7. The molecule has 164 valence electrons. The number of carbonyl (C=O) groups excluding carboxylic acids is 2. The summed E-state index contributed by atoms with van der Waals surface area (Å²) in [5, 5.41) is 0.500. The van der Waals surface area contributed by atoms with Gasteiger partial charge in [-0.05, 0) is 54.3 Å². The van der Waals surface area contributed by atoms with Gasteiger partial charge < -0.3 is 4.90 Å². The number of rotatable bonds is 4. The first-order valence-corrected chi connectivity index (χ1v) is 11.8. The van der Waals surface area contributed by atoms with E-state index in [4.69, 9.17) is 0 Å². The van der Waals surface area contributed by atoms with Crippen LogP contribution in [0, 0.1) is 0 Å². The quantitative estimate of drug-likeness (QED) is 0.543. The molecule has 0 saturated carbocycles. The number of thioether (sulfide) groups is 1. The Morgan fingerprint density at radius 2 is 1.85 bits per heavy atom. The van der Waals surface area contributed by atoms with Gasteiger partial charge in [0.25, 0.3) is 5.91 Å². The number of benzene rings is 2. The van der Waals surface area contributed by atoms with Crippen LogP contribution in [0.1, 0.15) is 17.5 Å². The summed E-state index contributed by atoms with van der Waals surface area (Å²) < 4.78 is 0. The molecule has 5 rings (SSSR count). The number of fused-ring (bicyclic) bond motifs is 1. The number of amides is 2. The molecule has 0 bridgehead atoms. The molecule has 7 heteroatoms. The standard InChI is InChI=1S/C26H22N4O2S/c31-24(29-15-7-10-20-9-4-5-13-23(20)29)18-33-26-28-22(16-19-8-6-14-27-17-19)25(32)30(26)21-11-2-1-3-12-21/h1-6,8-9,11-14,16-17H,7,10,15,18H2/b22-16+. The van der Waals surface area contributed by atoms with Crippen molar-refractivity contribution in [3.8, 4) is 0 Å². The van der Waals surface area contributed by atoms with Crippen molar-refractivity contribution < 1.29 is 9.59 Å². The molecule has 3 aromatic rings. The molecule has 2 aromatic carbocycles. The molecular formula is C26H22N4O2S. The van der Waals surface area contributed by atoms with Crippen LogP contribution in [-0.4, -0.2) is 34.3 Å². The predicted molar refractivity (Wildman–Crippen MR) is 133 cm³/mol. The fourth-order valence-electron chi connectivity index (χ4n) is 4.01. The summed E-state index contributed by atoms with van der Waals surface area (Å²) in [7, 11) is 0. The lowest BCUT2D eigenvalue weighted by atomic mass is 10.0. The zero-order chi connectivity index (χ0) is 22.6. The lowest BCUT2D eigenvalue weighted by molar-refractivity contribution is -0.116. The lowest BCUT2D eigenvalue weighted by Gasteiger charge is -2.29. The average Bonchev–Trinajstić information content (AvgIpc) is 3.18. The van der Waals surface area contributed by atoms with E-state index >= 15 is 0 Å². The summed E-state index contributed by atoms with van der Waals surface area (Å²) >= 11 is 1.29. The van der Waals surface area contributed by atoms with Gasteiger partial charge in [-0.15, -0.1) is 0 Å². The lowest BCUT2D eigenvalue weighted by Crippen LogP contribution is -2.37. The third-order valence-corrected chi connectivity index (χ3v) is 6.49. The molecule has 33 heavy (non-hydrogen) atoms. The first-order valence-electron chi connectivity index (χ1n) is 10.8. The molecule has 0 atom stereocenters. The zero-order valence-electron chi connectivity index (χ0n) is 17.9. The molecule has 0 spiro atoms. The highest BCUT2D eigenvalue weighted by molar-refractivity contribution is 8.14. The second-order valence-corrected chi connectivity index (χ2v) is 8.70. The molecular weight excluding hydrogens is 432 g/mol. The Kier molecular flexibility index (Phi) is 6.04. The number of anilines is 2. The van der Waals surface area contributed by atoms with Crippen LogP contribution in [0.5, 0.6) is 0 Å². The third-order valence-electron chi connectivity index (χ3n) is 5.57. The van der Waals surface area contributed by atoms with Gasteiger partial charge in [0.05, 0.1) is 11.4 Å². The molecule has 0 aliphatic carbocycles. The monoisotopic (exact) mass is 454 g/mol. The largest absolute Gasteiger partial charge is 0.311 e. The van der Waals surface area contributed by atoms with Gasteiger partial charge in [0, 0.05) is 24.6 Å². The topological polar surface area (TPSA) is 65.9 Å². The Morgan fingerprint density at radius 1 is 1.03 bits per heavy atom. The minimum Gasteiger partial charge on any atom is -0.311 e. The number of aryl methyl sites for hydroxylation is 1. The van der Waals surface area contributed by atoms with E-state index in [1.54, 1.807) is 23.4 Å². The molecule has 1 aromatic heterocycles. The number of nitrogens with zero attached hydrogens (tertiary/aromatic N) is 4. The van der Waals surface area contributed by atoms with Crippen molar-refractivity contribution in [1.29, 1.82) is 0 Å². The third kappa shape index (κ3) is 4.45. The number of hydrogen-bond donors (Lipinski definition) is 0. The molecule has 0 unspecified atom stereocenters. The summed E-state index contributed by atoms with van der Waals surface area (Å²) in [6.45, 7) is 0.705. The van der Waals surface area contributed by atoms with Crippen LogP contribution >= 0.6 is 11.8 Å². The number of hydrogen-bond acceptors (Lipinski definition) is 5. The molecule has 0 saturated heterocycles. The summed E-state index contributed by atoms with van der Waals surface area (Å²) in [6, 6.07) is 21.1. The Morgan fingerprint density at radius 3 is 2.67 bits per heavy atom. The van der Waals surface area contributed by atoms with Crippen LogP contribution in [0.25, 0.3) is 6.08 Å². The highest BCUT2D eigenvalue weighted by Crippen LogP contribution is 2.31. The first kappa shape index (κ1) is 21.2. The van der Waals surface area contributed by atoms with E-state index in [1.807, 2.05) is 65.6 Å². The van der Waals surface area contributed by atoms with Crippen molar-refractivity contribution in [3.63, 3.8) is 0 Å². The van der Waals surface area contributed by atoms with E-state index in [9.17, 15) is 9.59 Å². The van der Waals surface area contributed by atoms with Crippen molar-refractivity contribution in [2.45, 2.75) is 12.8 Å². The van der Waals surface area contributed by atoms with Crippen LogP contribution in [0.2, 0.25) is 0 Å². The van der Waals surface area contributed by atoms with E-state index in [2.05, 4.69) is 16.0 Å². The number of aliphatic imine (C=N–C) groups is 1. The molecule has 2 amide bonds. The Balaban J connectivity index is 1.40. The maximum Gasteiger partial charge on any atom is 0.283 e. The van der Waals surface area contributed by atoms with Crippen molar-refractivity contribution >= 4 is 46.2 Å². The molecule has 2 aliphatic heterocycles. The SMILES string of the molecule is O=C(CSC1=N/C(=C/c2cccnc2)C(=O)N1c1ccccc1)N1CCCc2ccccc21. The highest BCUT2D eigenvalue weighted by atomic mass is 32.2. The van der Waals surface area contributed by atoms with Gasteiger partial charge in [0.2, 0.25) is 5.91 Å². The first-order chi connectivity index (χ1) is 16.2. The average molecular weight is 455 g/mol. The molecule has 6 nitrogen and oxygen atoms in total. The number of amidine groups is 1. The van der Waals surface area contributed by atoms with E-state index in [0.29, 0.717) is 17.4 Å². The predicted octanol–water partition coefficient (Wildman–Crippen LogP) is 4.54. The van der Waals surface area contributed by atoms with Gasteiger partial charge in [-0.1, -0.05) is 54.2 Å². The minimum absolute atomic E-state index is 0.0139. The summed E-state index contributed by atoms with van der Waals surface area (Å²) in [5.41, 5.74) is 4.02. The van der Waals surface area contributed by atoms with E-state index in [0.717, 1.165) is 29.8 Å². The van der Waals surface area contributed by atoms with Crippen LogP contribution in [0.15, 0.2) is 89.8 Å². The molecule has 0 fully saturated rings. The highest BCUT2D eigenvalue weighted by Gasteiger charge is 2.33. The Hall–Kier alpha value is -3.71. The smallest absolute Gasteiger partial charge is 0.283 e. The van der Waals surface area contributed by atoms with Gasteiger partial charge in [-0.3, -0.25) is 19.5 Å². The molecule has 0 radical (unpaired) electrons. The van der Waals surface area contributed by atoms with E-state index in [-0.39, 0.29) is 17.6 Å². The molecule has 0 N–H and O–H groups in total. The van der Waals surface area contributed by atoms with Crippen molar-refractivity contribution in [2.24, 2.45) is 4.99 Å². The van der Waals surface area contributed by atoms with Crippen LogP contribution in [0.4, 0.5) is 11.4 Å². The van der Waals surface area contributed by atoms with Crippen molar-refractivity contribution in [2.75, 3.05) is 22.1 Å². The Bertz CT molecular complexity index is 1240. The number of para-hydroxylation sites is 2. The van der Waals surface area contributed by atoms with Gasteiger partial charge >= 0.3 is 0 Å². The maximum absolute atomic E-state index is 13.2. The van der Waals surface area contributed by atoms with Crippen LogP contribution in [0.3, 0.4) is 0 Å². The van der Waals surface area contributed by atoms with Gasteiger partial charge in [0.1, 0.15) is 5.70 Å². The van der Waals surface area contributed by atoms with Gasteiger partial charge in [-0.25, -0.2) is 4.99 Å². The summed E-state index contributed by atoms with van der Waals surface area (Å²) in [4.78, 5) is 38.5. The van der Waals surface area contributed by atoms with E-state index < -0.39 is 0 Å². The second kappa shape index (κ2) is 9.42. The van der Waals surface area contributed by atoms with Gasteiger partial charge in [-0.2, -0.15) is 0 Å². The molecule has 2 aliphatic rings. The fraction of sp³-hybridized carbons (Fsp3) is 0.154. The van der Waals surface area contributed by atoms with Crippen molar-refractivity contribution in [1.82, 2.24) is 4.98 Å². The second-order valence-electron chi connectivity index (χ2n) is 7.75. The molecule has 3 heterocycles. The van der Waals surface area contributed by atoms with Crippen LogP contribution in [-0.2, 0) is 16.0 Å². The number of aromatic nitrogens is 1. The van der Waals surface area contributed by atoms with E-state index in [1.165, 1.54) is 17.3 Å². The number of carbonyl (C=O) groups is 2. The summed E-state index contributed by atoms with van der Waals surface area (Å²) in [5.74, 6) is -0.00689. The Labute approximate surface area is 196 Å². The normalized spacial score (nSPS) is 16.7. The summed E-state index contributed by atoms with van der Waals surface area (Å²) in [6.07, 6.45) is 7.02. The van der Waals surface area contributed by atoms with Gasteiger partial charge in [0.15, 0.2) is 5.17 Å². The minimum atomic E-state index is -0.219. The maximum atomic E-state index is 13.2. The van der Waals surface area contributed by atoms with Crippen molar-refractivity contribution in [3.05, 3.63) is 95.9 Å². The van der Waals surface area contributed by atoms with Crippen LogP contribution < -0.4 is 9.80 Å². The fourth-order valence-corrected chi connectivity index (χ4v) is 4.90.